The average molecular weight is 507 g/mol. The van der Waals surface area contributed by atoms with Crippen LogP contribution in [0, 0.1) is 5.92 Å². The van der Waals surface area contributed by atoms with Crippen LogP contribution in [0.15, 0.2) is 36.2 Å². The van der Waals surface area contributed by atoms with Gasteiger partial charge >= 0.3 is 11.9 Å². The summed E-state index contributed by atoms with van der Waals surface area (Å²) in [5, 5.41) is 2.96. The Morgan fingerprint density at radius 2 is 2.03 bits per heavy atom. The topological polar surface area (TPSA) is 114 Å². The number of carbonyl (C=O) groups is 2. The van der Waals surface area contributed by atoms with Crippen molar-refractivity contribution in [1.82, 2.24) is 19.4 Å². The first-order valence-electron chi connectivity index (χ1n) is 11.8. The van der Waals surface area contributed by atoms with E-state index in [9.17, 15) is 22.4 Å². The Balaban J connectivity index is 1.50. The Labute approximate surface area is 203 Å². The summed E-state index contributed by atoms with van der Waals surface area (Å²) in [6.07, 6.45) is 10.1. The number of urea groups is 1. The van der Waals surface area contributed by atoms with Gasteiger partial charge in [-0.05, 0) is 37.8 Å². The predicted octanol–water partition coefficient (Wildman–Crippen LogP) is 1.05. The van der Waals surface area contributed by atoms with E-state index in [1.807, 2.05) is 0 Å². The molecule has 35 heavy (non-hydrogen) atoms. The van der Waals surface area contributed by atoms with Crippen molar-refractivity contribution in [2.75, 3.05) is 26.4 Å². The van der Waals surface area contributed by atoms with E-state index < -0.39 is 39.4 Å². The molecule has 1 saturated carbocycles. The predicted molar refractivity (Wildman–Crippen MR) is 124 cm³/mol. The van der Waals surface area contributed by atoms with Crippen molar-refractivity contribution >= 4 is 27.7 Å². The van der Waals surface area contributed by atoms with Crippen molar-refractivity contribution in [1.29, 1.82) is 0 Å². The van der Waals surface area contributed by atoms with E-state index in [1.165, 1.54) is 18.2 Å². The summed E-state index contributed by atoms with van der Waals surface area (Å²) >= 11 is 0. The molecule has 3 heterocycles. The molecule has 4 aliphatic rings. The number of imide groups is 1. The molecule has 1 atom stereocenters. The molecule has 1 saturated heterocycles. The molecule has 10 nitrogen and oxygen atoms in total. The first-order chi connectivity index (χ1) is 16.7. The molecule has 0 bridgehead atoms. The molecule has 2 aliphatic carbocycles. The molecule has 2 aliphatic heterocycles. The van der Waals surface area contributed by atoms with Crippen molar-refractivity contribution < 1.29 is 31.7 Å². The maximum absolute atomic E-state index is 13.5. The Hall–Kier alpha value is -2.70. The van der Waals surface area contributed by atoms with Gasteiger partial charge in [0.05, 0.1) is 18.3 Å². The third kappa shape index (κ3) is 4.74. The number of nitrogens with zero attached hydrogens (tertiary/aromatic N) is 4. The number of carbonyl (C=O) groups excluding carboxylic acids is 2. The van der Waals surface area contributed by atoms with E-state index in [0.29, 0.717) is 43.9 Å². The van der Waals surface area contributed by atoms with Gasteiger partial charge in [-0.1, -0.05) is 6.08 Å². The Bertz CT molecular complexity index is 1240. The van der Waals surface area contributed by atoms with Gasteiger partial charge < -0.3 is 4.74 Å². The Morgan fingerprint density at radius 1 is 1.29 bits per heavy atom. The molecule has 5 rings (SSSR count). The summed E-state index contributed by atoms with van der Waals surface area (Å²) in [5.41, 5.74) is 0.193. The van der Waals surface area contributed by atoms with Gasteiger partial charge in [0.1, 0.15) is 29.8 Å². The van der Waals surface area contributed by atoms with Crippen LogP contribution < -0.4 is 4.72 Å². The van der Waals surface area contributed by atoms with Crippen molar-refractivity contribution in [2.45, 2.75) is 43.0 Å². The van der Waals surface area contributed by atoms with Crippen LogP contribution in [-0.4, -0.2) is 82.5 Å². The highest BCUT2D eigenvalue weighted by molar-refractivity contribution is 7.90. The van der Waals surface area contributed by atoms with E-state index >= 15 is 0 Å². The third-order valence-corrected chi connectivity index (χ3v) is 8.71. The minimum absolute atomic E-state index is 0.0186. The second kappa shape index (κ2) is 9.07. The lowest BCUT2D eigenvalue weighted by atomic mass is 9.96. The number of aromatic nitrogens is 2. The zero-order valence-corrected chi connectivity index (χ0v) is 20.3. The van der Waals surface area contributed by atoms with Crippen LogP contribution in [0.25, 0.3) is 0 Å². The van der Waals surface area contributed by atoms with E-state index in [0.717, 1.165) is 17.7 Å². The first-order valence-corrected chi connectivity index (χ1v) is 13.3. The summed E-state index contributed by atoms with van der Waals surface area (Å²) in [4.78, 5) is 28.1. The Kier molecular flexibility index (Phi) is 6.22. The quantitative estimate of drug-likeness (QED) is 0.528. The number of aryl methyl sites for hydroxylation is 1. The molecule has 3 amide bonds. The SMILES string of the molecule is Cn1cc(CN2C(=O)C3=CC(S(=O)(=O)NC4(CF)CC4)C=CC3=[N+](CC3CCOCC3)C2=O)cn1. The maximum atomic E-state index is 13.5. The highest BCUT2D eigenvalue weighted by Gasteiger charge is 2.49. The van der Waals surface area contributed by atoms with E-state index in [1.54, 1.807) is 28.7 Å². The van der Waals surface area contributed by atoms with Crippen LogP contribution in [0.1, 0.15) is 31.2 Å². The smallest absolute Gasteiger partial charge is 0.381 e. The summed E-state index contributed by atoms with van der Waals surface area (Å²) in [6, 6.07) is -0.448. The standard InChI is InChI=1S/C23H29FN5O5S/c1-27-12-17(11-25-27)14-29-21(30)19-10-18(35(32,33)26-23(15-24)6-7-23)2-3-20(19)28(22(29)31)13-16-4-8-34-9-5-16/h2-3,10-12,16,18,26H,4-9,13-15H2,1H3/q+1. The number of sulfonamides is 1. The lowest BCUT2D eigenvalue weighted by Crippen LogP contribution is -2.53. The number of ether oxygens (including phenoxy) is 1. The van der Waals surface area contributed by atoms with Crippen molar-refractivity contribution in [3.05, 3.63) is 41.8 Å². The lowest BCUT2D eigenvalue weighted by molar-refractivity contribution is -0.447. The van der Waals surface area contributed by atoms with Gasteiger partial charge in [0.25, 0.3) is 0 Å². The number of alkyl halides is 1. The maximum Gasteiger partial charge on any atom is 0.501 e. The van der Waals surface area contributed by atoms with E-state index in [-0.39, 0.29) is 18.0 Å². The summed E-state index contributed by atoms with van der Waals surface area (Å²) in [7, 11) is -2.22. The molecule has 12 heteroatoms. The fourth-order valence-corrected chi connectivity index (χ4v) is 6.29. The zero-order chi connectivity index (χ0) is 24.8. The van der Waals surface area contributed by atoms with E-state index in [2.05, 4.69) is 9.82 Å². The van der Waals surface area contributed by atoms with Gasteiger partial charge in [0.15, 0.2) is 0 Å². The number of rotatable bonds is 8. The highest BCUT2D eigenvalue weighted by Crippen LogP contribution is 2.37. The minimum Gasteiger partial charge on any atom is -0.381 e. The summed E-state index contributed by atoms with van der Waals surface area (Å²) in [5.74, 6) is -0.362. The number of halogens is 1. The van der Waals surface area contributed by atoms with Crippen LogP contribution in [0.5, 0.6) is 0 Å². The van der Waals surface area contributed by atoms with Gasteiger partial charge in [-0.2, -0.15) is 19.4 Å². The normalized spacial score (nSPS) is 24.6. The number of hydrogen-bond acceptors (Lipinski definition) is 6. The first kappa shape index (κ1) is 24.0. The lowest BCUT2D eigenvalue weighted by Gasteiger charge is -2.29. The van der Waals surface area contributed by atoms with Crippen molar-refractivity contribution in [3.8, 4) is 0 Å². The molecular formula is C23H29FN5O5S+. The summed E-state index contributed by atoms with van der Waals surface area (Å²) < 4.78 is 50.4. The van der Waals surface area contributed by atoms with Crippen LogP contribution in [-0.2, 0) is 33.1 Å². The van der Waals surface area contributed by atoms with Crippen LogP contribution in [0.2, 0.25) is 0 Å². The monoisotopic (exact) mass is 506 g/mol. The van der Waals surface area contributed by atoms with Crippen molar-refractivity contribution in [3.63, 3.8) is 0 Å². The number of amides is 3. The molecule has 0 radical (unpaired) electrons. The van der Waals surface area contributed by atoms with Gasteiger partial charge in [0, 0.05) is 37.9 Å². The zero-order valence-electron chi connectivity index (χ0n) is 19.5. The molecule has 1 unspecified atom stereocenters. The fourth-order valence-electron chi connectivity index (χ4n) is 4.69. The van der Waals surface area contributed by atoms with Crippen LogP contribution in [0.4, 0.5) is 9.18 Å². The largest absolute Gasteiger partial charge is 0.501 e. The van der Waals surface area contributed by atoms with Gasteiger partial charge in [-0.25, -0.2) is 22.3 Å². The van der Waals surface area contributed by atoms with Crippen molar-refractivity contribution in [2.24, 2.45) is 13.0 Å². The molecule has 2 fully saturated rings. The van der Waals surface area contributed by atoms with Gasteiger partial charge in [-0.3, -0.25) is 4.68 Å². The second-order valence-corrected chi connectivity index (χ2v) is 11.6. The van der Waals surface area contributed by atoms with E-state index in [4.69, 9.17) is 4.74 Å². The number of hydrogen-bond donors (Lipinski definition) is 1. The molecule has 0 spiro atoms. The van der Waals surface area contributed by atoms with Gasteiger partial charge in [-0.15, -0.1) is 0 Å². The summed E-state index contributed by atoms with van der Waals surface area (Å²) in [6.45, 7) is 0.867. The molecule has 1 N–H and O–H groups in total. The minimum atomic E-state index is -3.97. The molecule has 188 valence electrons. The van der Waals surface area contributed by atoms with Crippen LogP contribution in [0.3, 0.4) is 0 Å². The third-order valence-electron chi connectivity index (χ3n) is 6.99. The second-order valence-electron chi connectivity index (χ2n) is 9.71. The fraction of sp³-hybridized carbons (Fsp3) is 0.565. The molecule has 1 aromatic heterocycles. The van der Waals surface area contributed by atoms with Gasteiger partial charge in [0.2, 0.25) is 10.0 Å². The number of allylic oxidation sites excluding steroid dienone is 1. The molecule has 1 aromatic rings. The molecule has 0 aromatic carbocycles. The molecular weight excluding hydrogens is 477 g/mol. The average Bonchev–Trinajstić information content (AvgIpc) is 3.49. The highest BCUT2D eigenvalue weighted by atomic mass is 32.2. The number of fused-ring (bicyclic) bond motifs is 1. The Morgan fingerprint density at radius 3 is 2.66 bits per heavy atom. The van der Waals surface area contributed by atoms with Crippen LogP contribution >= 0.6 is 0 Å². The number of nitrogens with one attached hydrogen (secondary N) is 1.